The summed E-state index contributed by atoms with van der Waals surface area (Å²) in [7, 11) is 0. The number of rotatable bonds is 4. The summed E-state index contributed by atoms with van der Waals surface area (Å²) in [5.41, 5.74) is 10.8. The Morgan fingerprint density at radius 3 is 1.80 bits per heavy atom. The lowest BCUT2D eigenvalue weighted by Gasteiger charge is -2.09. The molecule has 4 nitrogen and oxygen atoms in total. The highest BCUT2D eigenvalue weighted by atomic mass is 16.3. The lowest BCUT2D eigenvalue weighted by atomic mass is 10.1. The van der Waals surface area contributed by atoms with Crippen LogP contribution < -0.4 is 0 Å². The molecule has 0 unspecified atom stereocenters. The molecule has 0 radical (unpaired) electrons. The van der Waals surface area contributed by atoms with Crippen LogP contribution in [0.4, 0.5) is 0 Å². The van der Waals surface area contributed by atoms with Crippen LogP contribution in [0.1, 0.15) is 0 Å². The second-order valence-corrected chi connectivity index (χ2v) is 11.0. The maximum Gasteiger partial charge on any atom is 0.180 e. The molecule has 4 heteroatoms. The van der Waals surface area contributed by atoms with E-state index in [1.165, 1.54) is 16.5 Å². The zero-order chi connectivity index (χ0) is 29.0. The van der Waals surface area contributed by atoms with E-state index in [1.807, 2.05) is 54.6 Å². The predicted molar refractivity (Wildman–Crippen MR) is 180 cm³/mol. The summed E-state index contributed by atoms with van der Waals surface area (Å²) in [6.07, 6.45) is 0. The van der Waals surface area contributed by atoms with Crippen LogP contribution in [0, 0.1) is 0 Å². The van der Waals surface area contributed by atoms with Crippen molar-refractivity contribution in [1.82, 2.24) is 14.5 Å². The van der Waals surface area contributed by atoms with Crippen molar-refractivity contribution in [2.75, 3.05) is 0 Å². The quantitative estimate of drug-likeness (QED) is 0.214. The molecule has 0 spiro atoms. The van der Waals surface area contributed by atoms with Crippen LogP contribution in [0.3, 0.4) is 0 Å². The Morgan fingerprint density at radius 2 is 1.07 bits per heavy atom. The Balaban J connectivity index is 1.33. The molecule has 0 atom stereocenters. The van der Waals surface area contributed by atoms with Gasteiger partial charge in [-0.3, -0.25) is 0 Å². The average Bonchev–Trinajstić information content (AvgIpc) is 3.63. The number of aromatic nitrogens is 3. The van der Waals surface area contributed by atoms with Crippen LogP contribution in [0.2, 0.25) is 0 Å². The first-order valence-corrected chi connectivity index (χ1v) is 14.8. The van der Waals surface area contributed by atoms with Crippen molar-refractivity contribution in [1.29, 1.82) is 0 Å². The third-order valence-electron chi connectivity index (χ3n) is 8.42. The van der Waals surface area contributed by atoms with Crippen LogP contribution in [0.5, 0.6) is 0 Å². The average molecular weight is 564 g/mol. The van der Waals surface area contributed by atoms with Gasteiger partial charge in [0.2, 0.25) is 0 Å². The Bertz CT molecular complexity index is 2460. The van der Waals surface area contributed by atoms with Crippen molar-refractivity contribution in [3.05, 3.63) is 152 Å². The van der Waals surface area contributed by atoms with E-state index < -0.39 is 0 Å². The Kier molecular flexibility index (Phi) is 5.47. The highest BCUT2D eigenvalue weighted by Gasteiger charge is 2.21. The van der Waals surface area contributed by atoms with Crippen LogP contribution in [0.25, 0.3) is 83.3 Å². The number of para-hydroxylation sites is 1. The Morgan fingerprint density at radius 1 is 0.455 bits per heavy atom. The van der Waals surface area contributed by atoms with Gasteiger partial charge in [-0.15, -0.1) is 0 Å². The number of benzene rings is 6. The fourth-order valence-electron chi connectivity index (χ4n) is 6.32. The topological polar surface area (TPSA) is 43.9 Å². The van der Waals surface area contributed by atoms with Gasteiger partial charge in [-0.2, -0.15) is 0 Å². The Labute approximate surface area is 253 Å². The predicted octanol–water partition coefficient (Wildman–Crippen LogP) is 10.5. The third kappa shape index (κ3) is 3.85. The van der Waals surface area contributed by atoms with Crippen LogP contribution in [-0.2, 0) is 0 Å². The molecule has 3 aromatic heterocycles. The second kappa shape index (κ2) is 9.79. The molecule has 0 N–H and O–H groups in total. The molecule has 6 aromatic carbocycles. The number of fused-ring (bicyclic) bond motifs is 6. The summed E-state index contributed by atoms with van der Waals surface area (Å²) in [5, 5.41) is 3.28. The maximum atomic E-state index is 6.63. The lowest BCUT2D eigenvalue weighted by molar-refractivity contribution is 0.668. The first-order chi connectivity index (χ1) is 21.8. The summed E-state index contributed by atoms with van der Waals surface area (Å²) in [4.78, 5) is 10.1. The van der Waals surface area contributed by atoms with E-state index in [9.17, 15) is 0 Å². The summed E-state index contributed by atoms with van der Waals surface area (Å²) in [5.74, 6) is 0.678. The van der Waals surface area contributed by atoms with E-state index in [4.69, 9.17) is 14.4 Å². The normalized spacial score (nSPS) is 11.6. The molecule has 9 rings (SSSR count). The van der Waals surface area contributed by atoms with Gasteiger partial charge < -0.3 is 8.98 Å². The van der Waals surface area contributed by atoms with Crippen LogP contribution in [-0.4, -0.2) is 14.5 Å². The standard InChI is InChI=1S/C40H25N3O/c1-4-12-26(13-5-1)27-20-22-30(23-21-27)43-34-19-11-10-18-31(34)32-25-36-33(24-35(32)43)38-39(44-36)37(28-14-6-2-7-15-28)41-40(42-38)29-16-8-3-9-17-29/h1-25H. The molecule has 0 amide bonds. The van der Waals surface area contributed by atoms with Gasteiger partial charge in [0.1, 0.15) is 16.8 Å². The molecule has 0 fully saturated rings. The number of nitrogens with zero attached hydrogens (tertiary/aromatic N) is 3. The highest BCUT2D eigenvalue weighted by Crippen LogP contribution is 2.40. The fourth-order valence-corrected chi connectivity index (χ4v) is 6.32. The van der Waals surface area contributed by atoms with E-state index in [0.29, 0.717) is 11.4 Å². The van der Waals surface area contributed by atoms with Crippen molar-refractivity contribution < 1.29 is 4.42 Å². The number of hydrogen-bond donors (Lipinski definition) is 0. The molecule has 206 valence electrons. The smallest absolute Gasteiger partial charge is 0.180 e. The maximum absolute atomic E-state index is 6.63. The van der Waals surface area contributed by atoms with Gasteiger partial charge in [0, 0.05) is 33.0 Å². The zero-order valence-corrected chi connectivity index (χ0v) is 23.7. The Hall–Kier alpha value is -6.00. The van der Waals surface area contributed by atoms with E-state index in [1.54, 1.807) is 0 Å². The molecule has 0 aliphatic heterocycles. The van der Waals surface area contributed by atoms with Crippen LogP contribution >= 0.6 is 0 Å². The van der Waals surface area contributed by atoms with Gasteiger partial charge in [0.15, 0.2) is 11.4 Å². The zero-order valence-electron chi connectivity index (χ0n) is 23.7. The van der Waals surface area contributed by atoms with E-state index >= 15 is 0 Å². The molecular weight excluding hydrogens is 538 g/mol. The first kappa shape index (κ1) is 24.6. The van der Waals surface area contributed by atoms with E-state index in [0.717, 1.165) is 55.4 Å². The third-order valence-corrected chi connectivity index (χ3v) is 8.42. The van der Waals surface area contributed by atoms with Gasteiger partial charge in [-0.25, -0.2) is 9.97 Å². The molecule has 0 saturated carbocycles. The minimum absolute atomic E-state index is 0.678. The minimum Gasteiger partial charge on any atom is -0.452 e. The molecule has 9 aromatic rings. The largest absolute Gasteiger partial charge is 0.452 e. The number of furan rings is 1. The van der Waals surface area contributed by atoms with Gasteiger partial charge in [-0.1, -0.05) is 121 Å². The highest BCUT2D eigenvalue weighted by molar-refractivity contribution is 6.17. The van der Waals surface area contributed by atoms with E-state index in [-0.39, 0.29) is 0 Å². The first-order valence-electron chi connectivity index (χ1n) is 14.8. The fraction of sp³-hybridized carbons (Fsp3) is 0. The van der Waals surface area contributed by atoms with E-state index in [2.05, 4.69) is 102 Å². The molecule has 0 bridgehead atoms. The van der Waals surface area contributed by atoms with Gasteiger partial charge in [-0.05, 0) is 41.5 Å². The van der Waals surface area contributed by atoms with Crippen molar-refractivity contribution in [2.45, 2.75) is 0 Å². The summed E-state index contributed by atoms with van der Waals surface area (Å²) >= 11 is 0. The van der Waals surface area contributed by atoms with Crippen molar-refractivity contribution >= 4 is 43.9 Å². The summed E-state index contributed by atoms with van der Waals surface area (Å²) < 4.78 is 8.97. The second-order valence-electron chi connectivity index (χ2n) is 11.0. The molecule has 0 aliphatic rings. The van der Waals surface area contributed by atoms with Crippen molar-refractivity contribution in [2.24, 2.45) is 0 Å². The van der Waals surface area contributed by atoms with Crippen molar-refractivity contribution in [3.63, 3.8) is 0 Å². The molecule has 0 saturated heterocycles. The monoisotopic (exact) mass is 563 g/mol. The molecular formula is C40H25N3O. The van der Waals surface area contributed by atoms with Gasteiger partial charge in [0.25, 0.3) is 0 Å². The summed E-state index contributed by atoms with van der Waals surface area (Å²) in [6, 6.07) is 52.6. The summed E-state index contributed by atoms with van der Waals surface area (Å²) in [6.45, 7) is 0. The van der Waals surface area contributed by atoms with Gasteiger partial charge >= 0.3 is 0 Å². The molecule has 44 heavy (non-hydrogen) atoms. The van der Waals surface area contributed by atoms with Crippen molar-refractivity contribution in [3.8, 4) is 39.5 Å². The van der Waals surface area contributed by atoms with Crippen LogP contribution in [0.15, 0.2) is 156 Å². The minimum atomic E-state index is 0.678. The number of hydrogen-bond acceptors (Lipinski definition) is 3. The van der Waals surface area contributed by atoms with Gasteiger partial charge in [0.05, 0.1) is 11.0 Å². The lowest BCUT2D eigenvalue weighted by Crippen LogP contribution is -1.94. The SMILES string of the molecule is c1ccc(-c2ccc(-n3c4ccccc4c4cc5oc6c(-c7ccccc7)nc(-c7ccccc7)nc6c5cc43)cc2)cc1. The molecule has 0 aliphatic carbocycles. The molecule has 3 heterocycles.